The number of nitrogens with one attached hydrogen (secondary N) is 1. The number of ether oxygens (including phenoxy) is 1. The average Bonchev–Trinajstić information content (AvgIpc) is 3.41. The second-order valence-electron chi connectivity index (χ2n) is 9.50. The van der Waals surface area contributed by atoms with E-state index >= 15 is 0 Å². The summed E-state index contributed by atoms with van der Waals surface area (Å²) in [7, 11) is 0. The lowest BCUT2D eigenvalue weighted by Gasteiger charge is -2.39. The van der Waals surface area contributed by atoms with Crippen LogP contribution >= 0.6 is 11.3 Å². The lowest BCUT2D eigenvalue weighted by atomic mass is 9.97. The molecule has 0 aliphatic carbocycles. The van der Waals surface area contributed by atoms with E-state index in [1.165, 1.54) is 19.3 Å². The molecule has 0 saturated carbocycles. The summed E-state index contributed by atoms with van der Waals surface area (Å²) in [6.07, 6.45) is 6.93. The summed E-state index contributed by atoms with van der Waals surface area (Å²) in [5, 5.41) is 3.11. The van der Waals surface area contributed by atoms with E-state index in [-0.39, 0.29) is 5.91 Å². The Bertz CT molecular complexity index is 1300. The number of rotatable bonds is 8. The SMILES string of the molecule is CCOc1ccc(-c2cn3c(n2)sc2cc(C(=O)NCCCN4[C@H](C)CCC[C@H]4C)ccc23)cc1. The van der Waals surface area contributed by atoms with Crippen molar-refractivity contribution in [3.05, 3.63) is 54.2 Å². The molecule has 2 aromatic carbocycles. The molecule has 6 nitrogen and oxygen atoms in total. The van der Waals surface area contributed by atoms with Gasteiger partial charge in [0, 0.05) is 42.5 Å². The molecule has 3 heterocycles. The minimum atomic E-state index is -0.00671. The summed E-state index contributed by atoms with van der Waals surface area (Å²) in [5.74, 6) is 0.858. The molecule has 2 atom stereocenters. The largest absolute Gasteiger partial charge is 0.494 e. The minimum Gasteiger partial charge on any atom is -0.494 e. The zero-order valence-corrected chi connectivity index (χ0v) is 21.6. The molecule has 2 aromatic heterocycles. The standard InChI is InChI=1S/C28H34N4O2S/c1-4-34-23-12-9-21(10-13-23)24-18-32-25-14-11-22(17-26(25)35-28(32)30-24)27(33)29-15-6-16-31-19(2)7-5-8-20(31)3/h9-14,17-20H,4-8,15-16H2,1-3H3,(H,29,33)/t19-,20-/m1/s1. The van der Waals surface area contributed by atoms with Crippen LogP contribution in [0.2, 0.25) is 0 Å². The van der Waals surface area contributed by atoms with Crippen LogP contribution in [0.5, 0.6) is 5.75 Å². The van der Waals surface area contributed by atoms with Gasteiger partial charge in [-0.1, -0.05) is 17.8 Å². The maximum Gasteiger partial charge on any atom is 0.251 e. The van der Waals surface area contributed by atoms with Crippen LogP contribution in [0.1, 0.15) is 56.8 Å². The summed E-state index contributed by atoms with van der Waals surface area (Å²) in [5.41, 5.74) is 3.76. The van der Waals surface area contributed by atoms with Crippen molar-refractivity contribution in [2.75, 3.05) is 19.7 Å². The molecule has 0 spiro atoms. The molecule has 1 N–H and O–H groups in total. The number of hydrogen-bond acceptors (Lipinski definition) is 5. The number of imidazole rings is 1. The fourth-order valence-corrected chi connectivity index (χ4v) is 6.20. The Labute approximate surface area is 210 Å². The third-order valence-electron chi connectivity index (χ3n) is 7.07. The van der Waals surface area contributed by atoms with E-state index in [1.807, 2.05) is 49.4 Å². The molecule has 4 aromatic rings. The summed E-state index contributed by atoms with van der Waals surface area (Å²) < 4.78 is 8.71. The van der Waals surface area contributed by atoms with E-state index in [1.54, 1.807) is 11.3 Å². The number of carbonyl (C=O) groups excluding carboxylic acids is 1. The van der Waals surface area contributed by atoms with E-state index < -0.39 is 0 Å². The maximum atomic E-state index is 12.8. The van der Waals surface area contributed by atoms with Gasteiger partial charge < -0.3 is 10.1 Å². The minimum absolute atomic E-state index is 0.00671. The zero-order valence-electron chi connectivity index (χ0n) is 20.8. The molecule has 5 rings (SSSR count). The van der Waals surface area contributed by atoms with Crippen LogP contribution in [-0.4, -0.2) is 52.0 Å². The van der Waals surface area contributed by atoms with Crippen LogP contribution in [0, 0.1) is 0 Å². The molecule has 184 valence electrons. The first-order valence-electron chi connectivity index (χ1n) is 12.7. The van der Waals surface area contributed by atoms with Gasteiger partial charge in [0.1, 0.15) is 5.75 Å². The number of benzene rings is 2. The Hall–Kier alpha value is -2.90. The summed E-state index contributed by atoms with van der Waals surface area (Å²) in [4.78, 5) is 21.1. The average molecular weight is 491 g/mol. The van der Waals surface area contributed by atoms with Gasteiger partial charge in [0.2, 0.25) is 0 Å². The summed E-state index contributed by atoms with van der Waals surface area (Å²) >= 11 is 1.61. The Morgan fingerprint density at radius 2 is 1.91 bits per heavy atom. The van der Waals surface area contributed by atoms with E-state index in [4.69, 9.17) is 9.72 Å². The van der Waals surface area contributed by atoms with Crippen molar-refractivity contribution in [3.8, 4) is 17.0 Å². The van der Waals surface area contributed by atoms with Crippen molar-refractivity contribution in [1.82, 2.24) is 19.6 Å². The smallest absolute Gasteiger partial charge is 0.251 e. The molecule has 0 bridgehead atoms. The van der Waals surface area contributed by atoms with E-state index in [0.29, 0.717) is 30.8 Å². The molecule has 1 aliphatic heterocycles. The predicted molar refractivity (Wildman–Crippen MR) is 144 cm³/mol. The Kier molecular flexibility index (Phi) is 7.07. The molecule has 1 aliphatic rings. The lowest BCUT2D eigenvalue weighted by Crippen LogP contribution is -2.44. The van der Waals surface area contributed by atoms with Gasteiger partial charge in [0.05, 0.1) is 22.5 Å². The van der Waals surface area contributed by atoms with Crippen LogP contribution in [0.15, 0.2) is 48.7 Å². The van der Waals surface area contributed by atoms with Crippen molar-refractivity contribution in [1.29, 1.82) is 0 Å². The number of amides is 1. The van der Waals surface area contributed by atoms with Crippen molar-refractivity contribution < 1.29 is 9.53 Å². The third kappa shape index (κ3) is 5.07. The predicted octanol–water partition coefficient (Wildman–Crippen LogP) is 6.00. The zero-order chi connectivity index (χ0) is 24.4. The van der Waals surface area contributed by atoms with Crippen LogP contribution < -0.4 is 10.1 Å². The number of piperidine rings is 1. The number of fused-ring (bicyclic) bond motifs is 3. The Balaban J connectivity index is 1.23. The Morgan fingerprint density at radius 3 is 2.66 bits per heavy atom. The normalized spacial score (nSPS) is 18.8. The molecular formula is C28H34N4O2S. The highest BCUT2D eigenvalue weighted by Gasteiger charge is 2.23. The molecule has 0 unspecified atom stereocenters. The van der Waals surface area contributed by atoms with Gasteiger partial charge in [-0.25, -0.2) is 4.98 Å². The second-order valence-corrected chi connectivity index (χ2v) is 10.5. The first-order chi connectivity index (χ1) is 17.0. The summed E-state index contributed by atoms with van der Waals surface area (Å²) in [6, 6.07) is 15.2. The van der Waals surface area contributed by atoms with E-state index in [2.05, 4.69) is 34.7 Å². The van der Waals surface area contributed by atoms with Gasteiger partial charge in [-0.05, 0) is 82.5 Å². The van der Waals surface area contributed by atoms with E-state index in [9.17, 15) is 4.79 Å². The number of nitrogens with zero attached hydrogens (tertiary/aromatic N) is 3. The van der Waals surface area contributed by atoms with Gasteiger partial charge in [0.25, 0.3) is 5.91 Å². The molecule has 1 amide bonds. The Morgan fingerprint density at radius 1 is 1.14 bits per heavy atom. The van der Waals surface area contributed by atoms with Crippen molar-refractivity contribution in [3.63, 3.8) is 0 Å². The van der Waals surface area contributed by atoms with Gasteiger partial charge in [-0.15, -0.1) is 0 Å². The summed E-state index contributed by atoms with van der Waals surface area (Å²) in [6.45, 7) is 9.02. The first-order valence-corrected chi connectivity index (χ1v) is 13.5. The first kappa shape index (κ1) is 23.8. The van der Waals surface area contributed by atoms with Crippen LogP contribution in [0.4, 0.5) is 0 Å². The van der Waals surface area contributed by atoms with Crippen molar-refractivity contribution >= 4 is 32.4 Å². The van der Waals surface area contributed by atoms with Crippen LogP contribution in [-0.2, 0) is 0 Å². The molecule has 35 heavy (non-hydrogen) atoms. The fourth-order valence-electron chi connectivity index (χ4n) is 5.15. The molecule has 1 fully saturated rings. The lowest BCUT2D eigenvalue weighted by molar-refractivity contribution is 0.0925. The maximum absolute atomic E-state index is 12.8. The highest BCUT2D eigenvalue weighted by molar-refractivity contribution is 7.23. The van der Waals surface area contributed by atoms with E-state index in [0.717, 1.165) is 45.1 Å². The van der Waals surface area contributed by atoms with Gasteiger partial charge in [0.15, 0.2) is 4.96 Å². The number of hydrogen-bond donors (Lipinski definition) is 1. The highest BCUT2D eigenvalue weighted by atomic mass is 32.1. The van der Waals surface area contributed by atoms with Gasteiger partial charge in [-0.3, -0.25) is 14.1 Å². The second kappa shape index (κ2) is 10.4. The molecular weight excluding hydrogens is 456 g/mol. The number of carbonyl (C=O) groups is 1. The van der Waals surface area contributed by atoms with Crippen LogP contribution in [0.25, 0.3) is 26.4 Å². The van der Waals surface area contributed by atoms with Gasteiger partial charge in [-0.2, -0.15) is 0 Å². The topological polar surface area (TPSA) is 58.9 Å². The number of likely N-dealkylation sites (tertiary alicyclic amines) is 1. The quantitative estimate of drug-likeness (QED) is 0.308. The van der Waals surface area contributed by atoms with Crippen molar-refractivity contribution in [2.45, 2.75) is 58.5 Å². The number of thiazole rings is 1. The highest BCUT2D eigenvalue weighted by Crippen LogP contribution is 2.31. The van der Waals surface area contributed by atoms with Crippen molar-refractivity contribution in [2.24, 2.45) is 0 Å². The van der Waals surface area contributed by atoms with Gasteiger partial charge >= 0.3 is 0 Å². The fraction of sp³-hybridized carbons (Fsp3) is 0.429. The molecule has 7 heteroatoms. The molecule has 1 saturated heterocycles. The third-order valence-corrected chi connectivity index (χ3v) is 8.09. The molecule has 0 radical (unpaired) electrons. The monoisotopic (exact) mass is 490 g/mol. The number of aromatic nitrogens is 2. The van der Waals surface area contributed by atoms with Crippen LogP contribution in [0.3, 0.4) is 0 Å².